The molecule has 1 N–H and O–H groups in total. The van der Waals surface area contributed by atoms with E-state index in [0.717, 1.165) is 23.3 Å². The molecule has 1 aliphatic rings. The van der Waals surface area contributed by atoms with Crippen molar-refractivity contribution >= 4 is 23.5 Å². The molecule has 1 aliphatic heterocycles. The molecule has 15 heavy (non-hydrogen) atoms. The van der Waals surface area contributed by atoms with E-state index in [9.17, 15) is 0 Å². The van der Waals surface area contributed by atoms with Gasteiger partial charge in [-0.2, -0.15) is 23.5 Å². The summed E-state index contributed by atoms with van der Waals surface area (Å²) >= 11 is 4.26. The fourth-order valence-corrected chi connectivity index (χ4v) is 5.37. The van der Waals surface area contributed by atoms with E-state index >= 15 is 0 Å². The first kappa shape index (κ1) is 13.3. The van der Waals surface area contributed by atoms with Gasteiger partial charge in [0.1, 0.15) is 0 Å². The van der Waals surface area contributed by atoms with Crippen LogP contribution in [-0.2, 0) is 0 Å². The molecule has 0 aromatic heterocycles. The maximum absolute atomic E-state index is 5.34. The van der Waals surface area contributed by atoms with Crippen LogP contribution in [0, 0.1) is 12.3 Å². The average Bonchev–Trinajstić information content (AvgIpc) is 2.30. The van der Waals surface area contributed by atoms with Crippen LogP contribution >= 0.6 is 23.5 Å². The van der Waals surface area contributed by atoms with E-state index in [1.54, 1.807) is 0 Å². The molecule has 0 aromatic rings. The van der Waals surface area contributed by atoms with Crippen molar-refractivity contribution in [2.75, 3.05) is 18.6 Å². The van der Waals surface area contributed by atoms with Crippen LogP contribution < -0.4 is 5.32 Å². The van der Waals surface area contributed by atoms with Crippen molar-refractivity contribution in [1.29, 1.82) is 0 Å². The van der Waals surface area contributed by atoms with Crippen molar-refractivity contribution in [3.8, 4) is 12.3 Å². The van der Waals surface area contributed by atoms with Gasteiger partial charge in [-0.3, -0.25) is 0 Å². The highest BCUT2D eigenvalue weighted by Gasteiger charge is 2.30. The molecule has 1 heterocycles. The van der Waals surface area contributed by atoms with Gasteiger partial charge in [0.15, 0.2) is 0 Å². The SMILES string of the molecule is C#CCCC(NC)C1SCCSC1CC. The highest BCUT2D eigenvalue weighted by Crippen LogP contribution is 2.36. The Kier molecular flexibility index (Phi) is 6.63. The predicted molar refractivity (Wildman–Crippen MR) is 73.7 cm³/mol. The summed E-state index contributed by atoms with van der Waals surface area (Å²) in [6.07, 6.45) is 8.62. The minimum Gasteiger partial charge on any atom is -0.316 e. The largest absolute Gasteiger partial charge is 0.316 e. The van der Waals surface area contributed by atoms with Gasteiger partial charge in [0.05, 0.1) is 0 Å². The van der Waals surface area contributed by atoms with Gasteiger partial charge in [-0.25, -0.2) is 0 Å². The number of hydrogen-bond donors (Lipinski definition) is 1. The number of nitrogens with one attached hydrogen (secondary N) is 1. The summed E-state index contributed by atoms with van der Waals surface area (Å²) in [5, 5.41) is 4.99. The van der Waals surface area contributed by atoms with Crippen molar-refractivity contribution in [1.82, 2.24) is 5.32 Å². The van der Waals surface area contributed by atoms with Gasteiger partial charge in [0.25, 0.3) is 0 Å². The molecule has 86 valence electrons. The van der Waals surface area contributed by atoms with Crippen LogP contribution in [0.5, 0.6) is 0 Å². The van der Waals surface area contributed by atoms with Crippen molar-refractivity contribution < 1.29 is 0 Å². The molecular formula is C12H21NS2. The van der Waals surface area contributed by atoms with Crippen LogP contribution in [0.25, 0.3) is 0 Å². The first-order valence-corrected chi connectivity index (χ1v) is 7.77. The Morgan fingerprint density at radius 3 is 2.80 bits per heavy atom. The van der Waals surface area contributed by atoms with E-state index in [1.807, 2.05) is 0 Å². The lowest BCUT2D eigenvalue weighted by atomic mass is 10.0. The van der Waals surface area contributed by atoms with Gasteiger partial charge in [-0.1, -0.05) is 6.92 Å². The van der Waals surface area contributed by atoms with E-state index in [2.05, 4.69) is 48.7 Å². The lowest BCUT2D eigenvalue weighted by Gasteiger charge is -2.35. The van der Waals surface area contributed by atoms with Gasteiger partial charge in [0.2, 0.25) is 0 Å². The fourth-order valence-electron chi connectivity index (χ4n) is 2.02. The Morgan fingerprint density at radius 2 is 2.20 bits per heavy atom. The molecule has 3 heteroatoms. The molecule has 0 aromatic carbocycles. The molecule has 1 saturated heterocycles. The summed E-state index contributed by atoms with van der Waals surface area (Å²) in [6, 6.07) is 0.587. The monoisotopic (exact) mass is 243 g/mol. The van der Waals surface area contributed by atoms with Gasteiger partial charge < -0.3 is 5.32 Å². The number of thioether (sulfide) groups is 2. The highest BCUT2D eigenvalue weighted by atomic mass is 32.2. The van der Waals surface area contributed by atoms with Crippen molar-refractivity contribution in [3.05, 3.63) is 0 Å². The zero-order valence-electron chi connectivity index (χ0n) is 9.66. The minimum atomic E-state index is 0.587. The second kappa shape index (κ2) is 7.49. The first-order valence-electron chi connectivity index (χ1n) is 5.67. The Labute approximate surface area is 103 Å². The molecule has 3 atom stereocenters. The molecule has 3 unspecified atom stereocenters. The van der Waals surface area contributed by atoms with E-state index in [-0.39, 0.29) is 0 Å². The third-order valence-electron chi connectivity index (χ3n) is 2.86. The molecule has 1 nitrogen and oxygen atoms in total. The van der Waals surface area contributed by atoms with Gasteiger partial charge in [0, 0.05) is 34.5 Å². The van der Waals surface area contributed by atoms with Crippen LogP contribution in [0.4, 0.5) is 0 Å². The van der Waals surface area contributed by atoms with E-state index < -0.39 is 0 Å². The molecule has 0 aliphatic carbocycles. The van der Waals surface area contributed by atoms with Crippen LogP contribution in [0.3, 0.4) is 0 Å². The van der Waals surface area contributed by atoms with Crippen molar-refractivity contribution in [2.24, 2.45) is 0 Å². The molecular weight excluding hydrogens is 222 g/mol. The predicted octanol–water partition coefficient (Wildman–Crippen LogP) is 2.62. The summed E-state index contributed by atoms with van der Waals surface area (Å²) < 4.78 is 0. The van der Waals surface area contributed by atoms with Gasteiger partial charge in [-0.15, -0.1) is 12.3 Å². The Balaban J connectivity index is 2.51. The topological polar surface area (TPSA) is 12.0 Å². The lowest BCUT2D eigenvalue weighted by molar-refractivity contribution is 0.494. The molecule has 1 fully saturated rings. The maximum atomic E-state index is 5.34. The van der Waals surface area contributed by atoms with Crippen molar-refractivity contribution in [3.63, 3.8) is 0 Å². The zero-order valence-corrected chi connectivity index (χ0v) is 11.3. The van der Waals surface area contributed by atoms with E-state index in [0.29, 0.717) is 6.04 Å². The van der Waals surface area contributed by atoms with E-state index in [1.165, 1.54) is 17.9 Å². The third-order valence-corrected chi connectivity index (χ3v) is 6.27. The molecule has 1 rings (SSSR count). The minimum absolute atomic E-state index is 0.587. The summed E-state index contributed by atoms with van der Waals surface area (Å²) in [5.74, 6) is 5.35. The van der Waals surface area contributed by atoms with Crippen LogP contribution in [-0.4, -0.2) is 35.1 Å². The molecule has 0 radical (unpaired) electrons. The second-order valence-electron chi connectivity index (χ2n) is 3.79. The standard InChI is InChI=1S/C12H21NS2/c1-4-6-7-10(13-3)12-11(5-2)14-8-9-15-12/h1,10-13H,5-9H2,2-3H3. The van der Waals surface area contributed by atoms with Crippen LogP contribution in [0.2, 0.25) is 0 Å². The number of rotatable bonds is 5. The second-order valence-corrected chi connectivity index (χ2v) is 6.42. The van der Waals surface area contributed by atoms with Crippen molar-refractivity contribution in [2.45, 2.75) is 42.7 Å². The summed E-state index contributed by atoms with van der Waals surface area (Å²) in [5.41, 5.74) is 0. The lowest BCUT2D eigenvalue weighted by Crippen LogP contribution is -2.43. The van der Waals surface area contributed by atoms with Crippen LogP contribution in [0.15, 0.2) is 0 Å². The Morgan fingerprint density at radius 1 is 1.47 bits per heavy atom. The average molecular weight is 243 g/mol. The van der Waals surface area contributed by atoms with Gasteiger partial charge >= 0.3 is 0 Å². The Hall–Kier alpha value is 0.220. The fraction of sp³-hybridized carbons (Fsp3) is 0.833. The van der Waals surface area contributed by atoms with E-state index in [4.69, 9.17) is 6.42 Å². The molecule has 0 spiro atoms. The number of hydrogen-bond acceptors (Lipinski definition) is 3. The Bertz CT molecular complexity index is 212. The molecule has 0 bridgehead atoms. The molecule has 0 amide bonds. The zero-order chi connectivity index (χ0) is 11.1. The normalized spacial score (nSPS) is 28.3. The summed E-state index contributed by atoms with van der Waals surface area (Å²) in [7, 11) is 2.06. The molecule has 0 saturated carbocycles. The van der Waals surface area contributed by atoms with Gasteiger partial charge in [-0.05, 0) is 19.9 Å². The maximum Gasteiger partial charge on any atom is 0.0320 e. The third kappa shape index (κ3) is 3.94. The first-order chi connectivity index (χ1) is 7.33. The number of terminal acetylenes is 1. The quantitative estimate of drug-likeness (QED) is 0.746. The summed E-state index contributed by atoms with van der Waals surface area (Å²) in [6.45, 7) is 2.30. The smallest absolute Gasteiger partial charge is 0.0320 e. The van der Waals surface area contributed by atoms with Crippen LogP contribution in [0.1, 0.15) is 26.2 Å². The summed E-state index contributed by atoms with van der Waals surface area (Å²) in [4.78, 5) is 0. The highest BCUT2D eigenvalue weighted by molar-refractivity contribution is 8.07.